The highest BCUT2D eigenvalue weighted by molar-refractivity contribution is 8.20. The number of nitrogens with zero attached hydrogens (tertiary/aromatic N) is 2. The van der Waals surface area contributed by atoms with Gasteiger partial charge < -0.3 is 4.57 Å². The van der Waals surface area contributed by atoms with Crippen LogP contribution in [0.25, 0.3) is 10.8 Å². The van der Waals surface area contributed by atoms with E-state index in [9.17, 15) is 0 Å². The van der Waals surface area contributed by atoms with Crippen LogP contribution in [0, 0.1) is 0 Å². The number of rotatable bonds is 4. The molecule has 2 aromatic carbocycles. The molecule has 0 spiro atoms. The van der Waals surface area contributed by atoms with Crippen molar-refractivity contribution >= 4 is 46.7 Å². The molecule has 0 saturated carbocycles. The van der Waals surface area contributed by atoms with E-state index in [1.54, 1.807) is 0 Å². The highest BCUT2D eigenvalue weighted by Crippen LogP contribution is 2.54. The lowest BCUT2D eigenvalue weighted by Crippen LogP contribution is -2.17. The molecule has 3 aromatic rings. The van der Waals surface area contributed by atoms with Crippen LogP contribution in [0.4, 0.5) is 0 Å². The van der Waals surface area contributed by atoms with Gasteiger partial charge in [0.05, 0.1) is 10.4 Å². The van der Waals surface area contributed by atoms with Gasteiger partial charge in [-0.3, -0.25) is 0 Å². The van der Waals surface area contributed by atoms with E-state index in [-0.39, 0.29) is 16.5 Å². The van der Waals surface area contributed by atoms with Crippen LogP contribution in [-0.4, -0.2) is 21.1 Å². The molecule has 0 radical (unpaired) electrons. The summed E-state index contributed by atoms with van der Waals surface area (Å²) in [5, 5.41) is 2.67. The van der Waals surface area contributed by atoms with E-state index in [2.05, 4.69) is 81.7 Å². The molecular formula is C18H19ClN2S2. The SMILES string of the molecule is Cl.c1ccc2cc(C3(CCn4ccnc4)SCCS3)ccc2c1. The summed E-state index contributed by atoms with van der Waals surface area (Å²) in [6.45, 7) is 1.02. The Bertz CT molecular complexity index is 768. The van der Waals surface area contributed by atoms with E-state index >= 15 is 0 Å². The van der Waals surface area contributed by atoms with Gasteiger partial charge in [0.1, 0.15) is 0 Å². The summed E-state index contributed by atoms with van der Waals surface area (Å²) in [4.78, 5) is 4.15. The predicted molar refractivity (Wildman–Crippen MR) is 105 cm³/mol. The molecular weight excluding hydrogens is 344 g/mol. The average molecular weight is 363 g/mol. The van der Waals surface area contributed by atoms with Gasteiger partial charge in [0.25, 0.3) is 0 Å². The minimum Gasteiger partial charge on any atom is -0.337 e. The monoisotopic (exact) mass is 362 g/mol. The van der Waals surface area contributed by atoms with Crippen LogP contribution in [-0.2, 0) is 10.6 Å². The second kappa shape index (κ2) is 7.20. The summed E-state index contributed by atoms with van der Waals surface area (Å²) >= 11 is 4.21. The van der Waals surface area contributed by atoms with Crippen molar-refractivity contribution in [2.75, 3.05) is 11.5 Å². The molecule has 0 aliphatic carbocycles. The molecule has 4 rings (SSSR count). The molecule has 1 fully saturated rings. The van der Waals surface area contributed by atoms with Gasteiger partial charge in [0.15, 0.2) is 0 Å². The fourth-order valence-corrected chi connectivity index (χ4v) is 6.25. The third-order valence-electron chi connectivity index (χ3n) is 4.20. The number of halogens is 1. The largest absolute Gasteiger partial charge is 0.337 e. The Morgan fingerprint density at radius 3 is 2.57 bits per heavy atom. The minimum absolute atomic E-state index is 0. The lowest BCUT2D eigenvalue weighted by atomic mass is 10.0. The van der Waals surface area contributed by atoms with Crippen molar-refractivity contribution in [1.29, 1.82) is 0 Å². The average Bonchev–Trinajstić information content (AvgIpc) is 3.25. The highest BCUT2D eigenvalue weighted by Gasteiger charge is 2.37. The van der Waals surface area contributed by atoms with Crippen molar-refractivity contribution in [2.45, 2.75) is 17.0 Å². The summed E-state index contributed by atoms with van der Waals surface area (Å²) in [7, 11) is 0. The van der Waals surface area contributed by atoms with Crippen molar-refractivity contribution < 1.29 is 0 Å². The molecule has 0 amide bonds. The molecule has 0 atom stereocenters. The number of fused-ring (bicyclic) bond motifs is 1. The first-order chi connectivity index (χ1) is 10.9. The summed E-state index contributed by atoms with van der Waals surface area (Å²) in [5.41, 5.74) is 1.46. The van der Waals surface area contributed by atoms with Gasteiger partial charge in [0, 0.05) is 30.4 Å². The Balaban J connectivity index is 0.00000156. The third kappa shape index (κ3) is 3.39. The van der Waals surface area contributed by atoms with E-state index in [4.69, 9.17) is 0 Å². The fraction of sp³-hybridized carbons (Fsp3) is 0.278. The maximum absolute atomic E-state index is 4.15. The number of aromatic nitrogens is 2. The zero-order valence-electron chi connectivity index (χ0n) is 12.7. The van der Waals surface area contributed by atoms with Crippen molar-refractivity contribution in [1.82, 2.24) is 9.55 Å². The quantitative estimate of drug-likeness (QED) is 0.636. The Hall–Kier alpha value is -1.10. The molecule has 2 nitrogen and oxygen atoms in total. The number of thioether (sulfide) groups is 2. The third-order valence-corrected chi connectivity index (χ3v) is 7.80. The van der Waals surface area contributed by atoms with Crippen molar-refractivity contribution in [2.24, 2.45) is 0 Å². The van der Waals surface area contributed by atoms with Crippen LogP contribution in [0.15, 0.2) is 61.2 Å². The second-order valence-electron chi connectivity index (χ2n) is 5.56. The molecule has 1 saturated heterocycles. The Kier molecular flexibility index (Phi) is 5.24. The van der Waals surface area contributed by atoms with Crippen LogP contribution in [0.3, 0.4) is 0 Å². The van der Waals surface area contributed by atoms with Crippen LogP contribution in [0.5, 0.6) is 0 Å². The van der Waals surface area contributed by atoms with Crippen LogP contribution >= 0.6 is 35.9 Å². The van der Waals surface area contributed by atoms with Gasteiger partial charge in [-0.25, -0.2) is 4.98 Å². The fourth-order valence-electron chi connectivity index (χ4n) is 3.03. The van der Waals surface area contributed by atoms with Crippen molar-refractivity contribution in [3.8, 4) is 0 Å². The molecule has 5 heteroatoms. The summed E-state index contributed by atoms with van der Waals surface area (Å²) in [6.07, 6.45) is 6.96. The number of hydrogen-bond donors (Lipinski definition) is 0. The molecule has 1 aromatic heterocycles. The zero-order valence-corrected chi connectivity index (χ0v) is 15.2. The van der Waals surface area contributed by atoms with E-state index < -0.39 is 0 Å². The zero-order chi connectivity index (χ0) is 14.8. The molecule has 0 bridgehead atoms. The summed E-state index contributed by atoms with van der Waals surface area (Å²) in [5.74, 6) is 2.48. The smallest absolute Gasteiger partial charge is 0.0945 e. The number of aryl methyl sites for hydroxylation is 1. The van der Waals surface area contributed by atoms with Crippen LogP contribution in [0.2, 0.25) is 0 Å². The Labute approximate surface area is 151 Å². The van der Waals surface area contributed by atoms with Crippen molar-refractivity contribution in [3.05, 3.63) is 66.7 Å². The number of hydrogen-bond acceptors (Lipinski definition) is 3. The predicted octanol–water partition coefficient (Wildman–Crippen LogP) is 5.18. The van der Waals surface area contributed by atoms with E-state index in [1.165, 1.54) is 27.8 Å². The highest BCUT2D eigenvalue weighted by atomic mass is 35.5. The molecule has 1 aliphatic heterocycles. The van der Waals surface area contributed by atoms with Crippen LogP contribution in [0.1, 0.15) is 12.0 Å². The maximum Gasteiger partial charge on any atom is 0.0945 e. The van der Waals surface area contributed by atoms with Gasteiger partial charge in [0.2, 0.25) is 0 Å². The first-order valence-corrected chi connectivity index (χ1v) is 9.56. The topological polar surface area (TPSA) is 17.8 Å². The molecule has 120 valence electrons. The normalized spacial score (nSPS) is 16.3. The molecule has 0 unspecified atom stereocenters. The summed E-state index contributed by atoms with van der Waals surface area (Å²) < 4.78 is 2.37. The lowest BCUT2D eigenvalue weighted by Gasteiger charge is -2.28. The van der Waals surface area contributed by atoms with E-state index in [1.807, 2.05) is 12.5 Å². The lowest BCUT2D eigenvalue weighted by molar-refractivity contribution is 0.615. The molecule has 23 heavy (non-hydrogen) atoms. The van der Waals surface area contributed by atoms with Gasteiger partial charge >= 0.3 is 0 Å². The maximum atomic E-state index is 4.15. The van der Waals surface area contributed by atoms with E-state index in [0.29, 0.717) is 0 Å². The van der Waals surface area contributed by atoms with Gasteiger partial charge in [-0.1, -0.05) is 36.4 Å². The number of imidazole rings is 1. The minimum atomic E-state index is 0. The standard InChI is InChI=1S/C18H18N2S2.ClH/c1-2-4-16-13-17(6-5-15(16)3-1)18(21-11-12-22-18)7-9-20-10-8-19-14-20;/h1-6,8,10,13-14H,7,9,11-12H2;1H. The first kappa shape index (κ1) is 16.7. The van der Waals surface area contributed by atoms with Crippen molar-refractivity contribution in [3.63, 3.8) is 0 Å². The van der Waals surface area contributed by atoms with Gasteiger partial charge in [-0.2, -0.15) is 0 Å². The van der Waals surface area contributed by atoms with Gasteiger partial charge in [-0.05, 0) is 28.8 Å². The van der Waals surface area contributed by atoms with Gasteiger partial charge in [-0.15, -0.1) is 35.9 Å². The first-order valence-electron chi connectivity index (χ1n) is 7.59. The molecule has 0 N–H and O–H groups in total. The molecule has 2 heterocycles. The Morgan fingerprint density at radius 2 is 1.83 bits per heavy atom. The van der Waals surface area contributed by atoms with Crippen LogP contribution < -0.4 is 0 Å². The second-order valence-corrected chi connectivity index (χ2v) is 8.61. The van der Waals surface area contributed by atoms with E-state index in [0.717, 1.165) is 13.0 Å². The number of benzene rings is 2. The summed E-state index contributed by atoms with van der Waals surface area (Å²) in [6, 6.07) is 15.6. The molecule has 1 aliphatic rings. The Morgan fingerprint density at radius 1 is 1.04 bits per heavy atom.